The number of aryl methyl sites for hydroxylation is 2. The van der Waals surface area contributed by atoms with Gasteiger partial charge >= 0.3 is 0 Å². The van der Waals surface area contributed by atoms with Gasteiger partial charge in [0.05, 0.1) is 4.92 Å². The fraction of sp³-hybridized carbons (Fsp3) is 0.333. The Bertz CT molecular complexity index is 553. The standard InChI is InChI=1S/C12H15N5O2/c1-9-4-5-10(17(18)19)7-11(9)13-6-2-3-12-14-8-15-16-12/h4-5,7-8,13H,2-3,6H2,1H3,(H,14,15,16). The van der Waals surface area contributed by atoms with Crippen LogP contribution in [0.1, 0.15) is 17.8 Å². The number of nitro groups is 1. The topological polar surface area (TPSA) is 96.7 Å². The minimum absolute atomic E-state index is 0.100. The fourth-order valence-electron chi connectivity index (χ4n) is 1.74. The number of nitrogens with zero attached hydrogens (tertiary/aromatic N) is 3. The summed E-state index contributed by atoms with van der Waals surface area (Å²) in [7, 11) is 0. The van der Waals surface area contributed by atoms with Gasteiger partial charge in [-0.15, -0.1) is 0 Å². The molecule has 2 rings (SSSR count). The molecule has 0 saturated carbocycles. The number of anilines is 1. The highest BCUT2D eigenvalue weighted by Gasteiger charge is 2.08. The van der Waals surface area contributed by atoms with Gasteiger partial charge in [0.1, 0.15) is 12.2 Å². The van der Waals surface area contributed by atoms with E-state index in [0.29, 0.717) is 0 Å². The largest absolute Gasteiger partial charge is 0.385 e. The van der Waals surface area contributed by atoms with E-state index in [0.717, 1.165) is 36.5 Å². The van der Waals surface area contributed by atoms with Crippen molar-refractivity contribution in [3.05, 3.63) is 46.0 Å². The normalized spacial score (nSPS) is 10.4. The quantitative estimate of drug-likeness (QED) is 0.471. The highest BCUT2D eigenvalue weighted by Crippen LogP contribution is 2.21. The van der Waals surface area contributed by atoms with E-state index in [1.165, 1.54) is 12.4 Å². The summed E-state index contributed by atoms with van der Waals surface area (Å²) < 4.78 is 0. The van der Waals surface area contributed by atoms with Crippen molar-refractivity contribution >= 4 is 11.4 Å². The van der Waals surface area contributed by atoms with Crippen LogP contribution in [0.15, 0.2) is 24.5 Å². The predicted octanol–water partition coefficient (Wildman–Crippen LogP) is 2.07. The zero-order chi connectivity index (χ0) is 13.7. The molecule has 0 atom stereocenters. The molecule has 0 aliphatic carbocycles. The van der Waals surface area contributed by atoms with Crippen molar-refractivity contribution in [2.75, 3.05) is 11.9 Å². The monoisotopic (exact) mass is 261 g/mol. The molecule has 1 aromatic carbocycles. The average molecular weight is 261 g/mol. The van der Waals surface area contributed by atoms with Crippen LogP contribution in [0.4, 0.5) is 11.4 Å². The van der Waals surface area contributed by atoms with Gasteiger partial charge in [-0.25, -0.2) is 4.98 Å². The van der Waals surface area contributed by atoms with E-state index in [-0.39, 0.29) is 10.6 Å². The van der Waals surface area contributed by atoms with Gasteiger partial charge < -0.3 is 5.32 Å². The third kappa shape index (κ3) is 3.51. The van der Waals surface area contributed by atoms with E-state index in [2.05, 4.69) is 20.5 Å². The van der Waals surface area contributed by atoms with Crippen LogP contribution in [0, 0.1) is 17.0 Å². The number of rotatable bonds is 6. The highest BCUT2D eigenvalue weighted by atomic mass is 16.6. The number of H-pyrrole nitrogens is 1. The molecule has 0 radical (unpaired) electrons. The van der Waals surface area contributed by atoms with E-state index < -0.39 is 0 Å². The molecule has 7 nitrogen and oxygen atoms in total. The van der Waals surface area contributed by atoms with Gasteiger partial charge in [0.2, 0.25) is 0 Å². The molecular formula is C12H15N5O2. The first-order valence-corrected chi connectivity index (χ1v) is 6.00. The Morgan fingerprint density at radius 2 is 2.32 bits per heavy atom. The summed E-state index contributed by atoms with van der Waals surface area (Å²) in [6.07, 6.45) is 3.14. The zero-order valence-corrected chi connectivity index (χ0v) is 10.6. The SMILES string of the molecule is Cc1ccc([N+](=O)[O-])cc1NCCCc1ncn[nH]1. The van der Waals surface area contributed by atoms with Gasteiger partial charge in [-0.2, -0.15) is 5.10 Å². The van der Waals surface area contributed by atoms with Crippen molar-refractivity contribution < 1.29 is 4.92 Å². The van der Waals surface area contributed by atoms with E-state index in [1.54, 1.807) is 12.1 Å². The van der Waals surface area contributed by atoms with Crippen LogP contribution in [0.3, 0.4) is 0 Å². The molecule has 0 fully saturated rings. The number of hydrogen-bond acceptors (Lipinski definition) is 5. The lowest BCUT2D eigenvalue weighted by Gasteiger charge is -2.08. The maximum atomic E-state index is 10.7. The molecular weight excluding hydrogens is 246 g/mol. The molecule has 2 aromatic rings. The highest BCUT2D eigenvalue weighted by molar-refractivity contribution is 5.56. The summed E-state index contributed by atoms with van der Waals surface area (Å²) in [6.45, 7) is 2.64. The molecule has 2 N–H and O–H groups in total. The van der Waals surface area contributed by atoms with Gasteiger partial charge in [0.25, 0.3) is 5.69 Å². The number of non-ortho nitro benzene ring substituents is 1. The van der Waals surface area contributed by atoms with Crippen molar-refractivity contribution in [2.45, 2.75) is 19.8 Å². The second-order valence-electron chi connectivity index (χ2n) is 4.22. The Morgan fingerprint density at radius 3 is 3.00 bits per heavy atom. The molecule has 0 aliphatic heterocycles. The van der Waals surface area contributed by atoms with Crippen LogP contribution in [-0.2, 0) is 6.42 Å². The third-order valence-electron chi connectivity index (χ3n) is 2.80. The molecule has 0 spiro atoms. The number of nitrogens with one attached hydrogen (secondary N) is 2. The summed E-state index contributed by atoms with van der Waals surface area (Å²) in [4.78, 5) is 14.4. The second kappa shape index (κ2) is 5.94. The van der Waals surface area contributed by atoms with Gasteiger partial charge in [0.15, 0.2) is 0 Å². The number of hydrogen-bond donors (Lipinski definition) is 2. The Labute approximate surface area is 110 Å². The Hall–Kier alpha value is -2.44. The van der Waals surface area contributed by atoms with Gasteiger partial charge in [-0.1, -0.05) is 6.07 Å². The summed E-state index contributed by atoms with van der Waals surface area (Å²) >= 11 is 0. The van der Waals surface area contributed by atoms with Gasteiger partial charge in [-0.05, 0) is 18.9 Å². The van der Waals surface area contributed by atoms with Crippen LogP contribution in [-0.4, -0.2) is 26.6 Å². The molecule has 0 unspecified atom stereocenters. The summed E-state index contributed by atoms with van der Waals surface area (Å²) in [5.74, 6) is 0.845. The summed E-state index contributed by atoms with van der Waals surface area (Å²) in [5.41, 5.74) is 1.89. The molecule has 0 bridgehead atoms. The van der Waals surface area contributed by atoms with Crippen molar-refractivity contribution in [1.29, 1.82) is 0 Å². The number of aromatic nitrogens is 3. The van der Waals surface area contributed by atoms with E-state index in [1.807, 2.05) is 6.92 Å². The maximum Gasteiger partial charge on any atom is 0.271 e. The zero-order valence-electron chi connectivity index (χ0n) is 10.6. The Kier molecular flexibility index (Phi) is 4.07. The van der Waals surface area contributed by atoms with Crippen LogP contribution < -0.4 is 5.32 Å². The first-order valence-electron chi connectivity index (χ1n) is 6.00. The molecule has 0 amide bonds. The van der Waals surface area contributed by atoms with Crippen molar-refractivity contribution in [3.63, 3.8) is 0 Å². The number of aromatic amines is 1. The van der Waals surface area contributed by atoms with E-state index >= 15 is 0 Å². The average Bonchev–Trinajstić information content (AvgIpc) is 2.89. The van der Waals surface area contributed by atoms with Crippen LogP contribution in [0.5, 0.6) is 0 Å². The smallest absolute Gasteiger partial charge is 0.271 e. The predicted molar refractivity (Wildman–Crippen MR) is 71.0 cm³/mol. The molecule has 1 aromatic heterocycles. The lowest BCUT2D eigenvalue weighted by Crippen LogP contribution is -2.05. The van der Waals surface area contributed by atoms with Crippen LogP contribution >= 0.6 is 0 Å². The lowest BCUT2D eigenvalue weighted by atomic mass is 10.1. The summed E-state index contributed by atoms with van der Waals surface area (Å²) in [5, 5.41) is 20.5. The van der Waals surface area contributed by atoms with Gasteiger partial charge in [0, 0.05) is 30.8 Å². The Balaban J connectivity index is 1.88. The second-order valence-corrected chi connectivity index (χ2v) is 4.22. The van der Waals surface area contributed by atoms with Crippen LogP contribution in [0.2, 0.25) is 0 Å². The Morgan fingerprint density at radius 1 is 1.47 bits per heavy atom. The van der Waals surface area contributed by atoms with Crippen molar-refractivity contribution in [2.24, 2.45) is 0 Å². The molecule has 0 saturated heterocycles. The molecule has 7 heteroatoms. The first-order chi connectivity index (χ1) is 9.16. The minimum atomic E-state index is -0.390. The third-order valence-corrected chi connectivity index (χ3v) is 2.80. The molecule has 0 aliphatic rings. The molecule has 1 heterocycles. The number of nitro benzene ring substituents is 1. The lowest BCUT2D eigenvalue weighted by molar-refractivity contribution is -0.384. The summed E-state index contributed by atoms with van der Waals surface area (Å²) in [6, 6.07) is 4.82. The molecule has 19 heavy (non-hydrogen) atoms. The molecule has 100 valence electrons. The number of benzene rings is 1. The van der Waals surface area contributed by atoms with E-state index in [9.17, 15) is 10.1 Å². The van der Waals surface area contributed by atoms with Crippen LogP contribution in [0.25, 0.3) is 0 Å². The fourth-order valence-corrected chi connectivity index (χ4v) is 1.74. The first kappa shape index (κ1) is 13.0. The minimum Gasteiger partial charge on any atom is -0.385 e. The van der Waals surface area contributed by atoms with Gasteiger partial charge in [-0.3, -0.25) is 15.2 Å². The van der Waals surface area contributed by atoms with Crippen molar-refractivity contribution in [1.82, 2.24) is 15.2 Å². The maximum absolute atomic E-state index is 10.7. The van der Waals surface area contributed by atoms with Crippen molar-refractivity contribution in [3.8, 4) is 0 Å². The van der Waals surface area contributed by atoms with E-state index in [4.69, 9.17) is 0 Å².